The zero-order chi connectivity index (χ0) is 23.4. The number of aliphatic carboxylic acids is 1. The highest BCUT2D eigenvalue weighted by molar-refractivity contribution is 14.1. The van der Waals surface area contributed by atoms with Crippen molar-refractivity contribution in [3.8, 4) is 11.3 Å². The number of furan rings is 1. The van der Waals surface area contributed by atoms with Crippen molar-refractivity contribution in [1.29, 1.82) is 0 Å². The van der Waals surface area contributed by atoms with Crippen LogP contribution in [-0.4, -0.2) is 44.3 Å². The topological polar surface area (TPSA) is 133 Å². The van der Waals surface area contributed by atoms with E-state index in [1.165, 1.54) is 31.3 Å². The van der Waals surface area contributed by atoms with Crippen LogP contribution in [0.15, 0.2) is 34.7 Å². The van der Waals surface area contributed by atoms with Crippen LogP contribution in [0.2, 0.25) is 0 Å². The lowest BCUT2D eigenvalue weighted by atomic mass is 10.1. The molecular formula is C20H19FIN3O6S. The van der Waals surface area contributed by atoms with E-state index in [9.17, 15) is 22.7 Å². The molecule has 2 aromatic heterocycles. The lowest BCUT2D eigenvalue weighted by molar-refractivity contribution is -0.137. The van der Waals surface area contributed by atoms with Crippen LogP contribution in [0.1, 0.15) is 29.6 Å². The standard InChI is InChI=1S/C20H19FIN3O6S/c1-23-19(28)16-13-10-14(22)18(25(32(29)30)9-3-2-4-15(26)27)24-20(13)31-17(16)11-5-7-12(21)8-6-11/h5-8,10H,2-4,9H2,1H3,(H,23,28)(H,26,27)(H,29,30). The molecule has 1 atom stereocenters. The summed E-state index contributed by atoms with van der Waals surface area (Å²) in [5.74, 6) is -1.45. The van der Waals surface area contributed by atoms with Gasteiger partial charge in [0.25, 0.3) is 17.2 Å². The molecule has 0 fully saturated rings. The number of benzene rings is 1. The molecule has 0 saturated heterocycles. The Morgan fingerprint density at radius 3 is 2.56 bits per heavy atom. The maximum atomic E-state index is 13.4. The first kappa shape index (κ1) is 24.1. The minimum Gasteiger partial charge on any atom is -0.481 e. The van der Waals surface area contributed by atoms with Gasteiger partial charge in [0, 0.05) is 25.6 Å². The van der Waals surface area contributed by atoms with E-state index in [-0.39, 0.29) is 35.8 Å². The molecule has 1 unspecified atom stereocenters. The van der Waals surface area contributed by atoms with Gasteiger partial charge in [0.05, 0.1) is 14.5 Å². The molecule has 0 bridgehead atoms. The van der Waals surface area contributed by atoms with E-state index in [1.54, 1.807) is 6.07 Å². The normalized spacial score (nSPS) is 12.0. The summed E-state index contributed by atoms with van der Waals surface area (Å²) < 4.78 is 42.5. The Labute approximate surface area is 198 Å². The third-order valence-corrected chi connectivity index (χ3v) is 6.13. The minimum atomic E-state index is -2.41. The molecule has 9 nitrogen and oxygen atoms in total. The summed E-state index contributed by atoms with van der Waals surface area (Å²) in [6.45, 7) is 0.0960. The number of pyridine rings is 1. The fraction of sp³-hybridized carbons (Fsp3) is 0.250. The van der Waals surface area contributed by atoms with Crippen molar-refractivity contribution in [2.24, 2.45) is 0 Å². The molecule has 0 spiro atoms. The number of anilines is 1. The third kappa shape index (κ3) is 5.24. The van der Waals surface area contributed by atoms with Crippen LogP contribution >= 0.6 is 22.6 Å². The Morgan fingerprint density at radius 2 is 1.97 bits per heavy atom. The largest absolute Gasteiger partial charge is 0.481 e. The molecule has 0 aliphatic carbocycles. The molecule has 170 valence electrons. The molecule has 3 N–H and O–H groups in total. The van der Waals surface area contributed by atoms with E-state index in [0.29, 0.717) is 27.4 Å². The highest BCUT2D eigenvalue weighted by Gasteiger charge is 2.26. The first-order valence-corrected chi connectivity index (χ1v) is 11.6. The second-order valence-electron chi connectivity index (χ2n) is 6.72. The highest BCUT2D eigenvalue weighted by atomic mass is 127. The predicted octanol–water partition coefficient (Wildman–Crippen LogP) is 3.80. The number of carboxylic acid groups (broad SMARTS) is 1. The summed E-state index contributed by atoms with van der Waals surface area (Å²) in [4.78, 5) is 27.7. The van der Waals surface area contributed by atoms with Gasteiger partial charge in [-0.15, -0.1) is 0 Å². The van der Waals surface area contributed by atoms with E-state index < -0.39 is 29.0 Å². The van der Waals surface area contributed by atoms with Gasteiger partial charge in [-0.3, -0.25) is 18.4 Å². The molecule has 0 aliphatic rings. The van der Waals surface area contributed by atoms with Gasteiger partial charge >= 0.3 is 5.97 Å². The van der Waals surface area contributed by atoms with Crippen molar-refractivity contribution in [3.05, 3.63) is 45.3 Å². The zero-order valence-electron chi connectivity index (χ0n) is 16.8. The number of hydrogen-bond donors (Lipinski definition) is 3. The van der Waals surface area contributed by atoms with Gasteiger partial charge < -0.3 is 14.8 Å². The average molecular weight is 575 g/mol. The number of rotatable bonds is 9. The number of hydrogen-bond acceptors (Lipinski definition) is 5. The maximum absolute atomic E-state index is 13.4. The lowest BCUT2D eigenvalue weighted by Gasteiger charge is -2.19. The number of carbonyl (C=O) groups is 2. The molecule has 1 aromatic carbocycles. The van der Waals surface area contributed by atoms with Gasteiger partial charge in [0.1, 0.15) is 11.6 Å². The van der Waals surface area contributed by atoms with E-state index in [1.807, 2.05) is 22.6 Å². The van der Waals surface area contributed by atoms with Crippen molar-refractivity contribution in [2.45, 2.75) is 19.3 Å². The van der Waals surface area contributed by atoms with Crippen LogP contribution in [0.5, 0.6) is 0 Å². The van der Waals surface area contributed by atoms with E-state index >= 15 is 0 Å². The summed E-state index contributed by atoms with van der Waals surface area (Å²) in [6, 6.07) is 7.06. The minimum absolute atomic E-state index is 0.0514. The number of nitrogens with one attached hydrogen (secondary N) is 1. The van der Waals surface area contributed by atoms with Gasteiger partial charge in [0.2, 0.25) is 5.71 Å². The van der Waals surface area contributed by atoms with Crippen LogP contribution < -0.4 is 9.62 Å². The van der Waals surface area contributed by atoms with Crippen LogP contribution in [0.3, 0.4) is 0 Å². The smallest absolute Gasteiger partial charge is 0.303 e. The van der Waals surface area contributed by atoms with Gasteiger partial charge in [0.15, 0.2) is 5.82 Å². The van der Waals surface area contributed by atoms with Crippen LogP contribution in [0.4, 0.5) is 10.2 Å². The van der Waals surface area contributed by atoms with Gasteiger partial charge in [-0.1, -0.05) is 0 Å². The second-order valence-corrected chi connectivity index (χ2v) is 8.79. The van der Waals surface area contributed by atoms with Crippen molar-refractivity contribution in [3.63, 3.8) is 0 Å². The highest BCUT2D eigenvalue weighted by Crippen LogP contribution is 2.36. The van der Waals surface area contributed by atoms with Gasteiger partial charge in [-0.2, -0.15) is 4.98 Å². The first-order valence-electron chi connectivity index (χ1n) is 9.44. The summed E-state index contributed by atoms with van der Waals surface area (Å²) in [7, 11) is 1.47. The summed E-state index contributed by atoms with van der Waals surface area (Å²) in [6.07, 6.45) is 0.638. The van der Waals surface area contributed by atoms with E-state index in [4.69, 9.17) is 9.52 Å². The predicted molar refractivity (Wildman–Crippen MR) is 125 cm³/mol. The molecule has 3 rings (SSSR count). The third-order valence-electron chi connectivity index (χ3n) is 4.60. The Kier molecular flexibility index (Phi) is 7.79. The molecule has 0 radical (unpaired) electrons. The molecule has 1 amide bonds. The van der Waals surface area contributed by atoms with Crippen molar-refractivity contribution in [1.82, 2.24) is 10.3 Å². The molecule has 12 heteroatoms. The Morgan fingerprint density at radius 1 is 1.28 bits per heavy atom. The lowest BCUT2D eigenvalue weighted by Crippen LogP contribution is -2.28. The Balaban J connectivity index is 2.08. The molecule has 0 aliphatic heterocycles. The van der Waals surface area contributed by atoms with E-state index in [0.717, 1.165) is 4.31 Å². The Hall–Kier alpha value is -2.58. The molecular weight excluding hydrogens is 556 g/mol. The van der Waals surface area contributed by atoms with Gasteiger partial charge in [-0.25, -0.2) is 8.60 Å². The summed E-state index contributed by atoms with van der Waals surface area (Å²) >= 11 is -0.471. The number of amides is 1. The number of carbonyl (C=O) groups excluding carboxylic acids is 1. The molecule has 0 saturated carbocycles. The second kappa shape index (κ2) is 10.4. The zero-order valence-corrected chi connectivity index (χ0v) is 19.8. The summed E-state index contributed by atoms with van der Waals surface area (Å²) in [5, 5.41) is 11.7. The van der Waals surface area contributed by atoms with Crippen LogP contribution in [-0.2, 0) is 16.1 Å². The monoisotopic (exact) mass is 575 g/mol. The maximum Gasteiger partial charge on any atom is 0.303 e. The van der Waals surface area contributed by atoms with Crippen molar-refractivity contribution in [2.75, 3.05) is 17.9 Å². The number of aromatic nitrogens is 1. The van der Waals surface area contributed by atoms with Crippen LogP contribution in [0, 0.1) is 9.39 Å². The Bertz CT molecular complexity index is 1180. The number of fused-ring (bicyclic) bond motifs is 1. The molecule has 3 aromatic rings. The van der Waals surface area contributed by atoms with Crippen molar-refractivity contribution >= 4 is 62.7 Å². The van der Waals surface area contributed by atoms with Crippen LogP contribution in [0.25, 0.3) is 22.4 Å². The fourth-order valence-corrected chi connectivity index (χ4v) is 4.57. The van der Waals surface area contributed by atoms with Crippen molar-refractivity contribution < 1.29 is 32.3 Å². The number of carboxylic acids is 1. The number of halogens is 2. The number of unbranched alkanes of at least 4 members (excludes halogenated alkanes) is 1. The van der Waals surface area contributed by atoms with Gasteiger partial charge in [-0.05, 0) is 65.8 Å². The van der Waals surface area contributed by atoms with E-state index in [2.05, 4.69) is 10.3 Å². The molecule has 32 heavy (non-hydrogen) atoms. The summed E-state index contributed by atoms with van der Waals surface area (Å²) in [5.41, 5.74) is 0.749. The molecule has 2 heterocycles. The fourth-order valence-electron chi connectivity index (χ4n) is 3.11. The first-order chi connectivity index (χ1) is 15.2. The quantitative estimate of drug-likeness (QED) is 0.201. The average Bonchev–Trinajstić information content (AvgIpc) is 3.11. The number of nitrogens with zero attached hydrogens (tertiary/aromatic N) is 2. The SMILES string of the molecule is CNC(=O)c1c(-c2ccc(F)cc2)oc2nc(N(CCCCC(=O)O)S(=O)O)c(I)cc12.